The summed E-state index contributed by atoms with van der Waals surface area (Å²) in [5.41, 5.74) is 9.01. The molecular weight excluding hydrogens is 284 g/mol. The van der Waals surface area contributed by atoms with Crippen LogP contribution < -0.4 is 0 Å². The number of carbonyl (C=O) groups is 1. The van der Waals surface area contributed by atoms with Gasteiger partial charge in [0.15, 0.2) is 6.23 Å². The van der Waals surface area contributed by atoms with Crippen LogP contribution >= 0.6 is 0 Å². The summed E-state index contributed by atoms with van der Waals surface area (Å²) >= 11 is 0. The molecule has 7 heteroatoms. The zero-order valence-electron chi connectivity index (χ0n) is 13.3. The fourth-order valence-corrected chi connectivity index (χ4v) is 2.28. The number of azide groups is 1. The Hall–Kier alpha value is -2.24. The smallest absolute Gasteiger partial charge is 0.408 e. The van der Waals surface area contributed by atoms with E-state index in [4.69, 9.17) is 10.3 Å². The third-order valence-corrected chi connectivity index (χ3v) is 3.18. The Kier molecular flexibility index (Phi) is 6.22. The first-order valence-corrected chi connectivity index (χ1v) is 6.99. The minimum atomic E-state index is -1.08. The average molecular weight is 306 g/mol. The van der Waals surface area contributed by atoms with Gasteiger partial charge in [0.05, 0.1) is 12.6 Å². The van der Waals surface area contributed by atoms with Crippen LogP contribution in [0.5, 0.6) is 0 Å². The molecule has 22 heavy (non-hydrogen) atoms. The first kappa shape index (κ1) is 17.8. The number of nitrogens with zero attached hydrogens (tertiary/aromatic N) is 4. The Bertz CT molecular complexity index is 535. The molecule has 1 aromatic carbocycles. The first-order chi connectivity index (χ1) is 10.3. The van der Waals surface area contributed by atoms with Gasteiger partial charge in [-0.2, -0.15) is 0 Å². The number of hydrogen-bond acceptors (Lipinski definition) is 3. The molecule has 7 nitrogen and oxygen atoms in total. The molecule has 0 aliphatic carbocycles. The number of ether oxygens (including phenoxy) is 1. The molecule has 0 bridgehead atoms. The molecule has 0 heterocycles. The van der Waals surface area contributed by atoms with Crippen molar-refractivity contribution in [2.24, 2.45) is 5.11 Å². The molecule has 0 spiro atoms. The highest BCUT2D eigenvalue weighted by Gasteiger charge is 2.35. The zero-order chi connectivity index (χ0) is 16.8. The Morgan fingerprint density at radius 1 is 1.41 bits per heavy atom. The van der Waals surface area contributed by atoms with Crippen molar-refractivity contribution in [3.63, 3.8) is 0 Å². The van der Waals surface area contributed by atoms with Gasteiger partial charge in [-0.3, -0.25) is 4.90 Å². The summed E-state index contributed by atoms with van der Waals surface area (Å²) in [6, 6.07) is 8.81. The van der Waals surface area contributed by atoms with E-state index in [0.717, 1.165) is 5.56 Å². The second kappa shape index (κ2) is 7.68. The topological polar surface area (TPSA) is 98.5 Å². The predicted octanol–water partition coefficient (Wildman–Crippen LogP) is 4.01. The molecule has 0 saturated heterocycles. The molecule has 0 aliphatic rings. The number of carboxylic acid groups (broad SMARTS) is 1. The maximum Gasteiger partial charge on any atom is 0.408 e. The van der Waals surface area contributed by atoms with E-state index in [9.17, 15) is 9.90 Å². The highest BCUT2D eigenvalue weighted by Crippen LogP contribution is 2.22. The van der Waals surface area contributed by atoms with Crippen molar-refractivity contribution in [3.8, 4) is 0 Å². The van der Waals surface area contributed by atoms with E-state index in [0.29, 0.717) is 0 Å². The van der Waals surface area contributed by atoms with Gasteiger partial charge < -0.3 is 9.84 Å². The standard InChI is InChI=1S/C15H22N4O3/c1-11(19(14(20)21)15(2,3)4)13(17-18-16)22-10-12-8-6-5-7-9-12/h5-9,11,13H,10H2,1-4H3,(H,20,21). The molecule has 0 fully saturated rings. The lowest BCUT2D eigenvalue weighted by atomic mass is 10.0. The molecule has 0 radical (unpaired) electrons. The Balaban J connectivity index is 2.89. The fraction of sp³-hybridized carbons (Fsp3) is 0.533. The molecule has 0 aromatic heterocycles. The van der Waals surface area contributed by atoms with E-state index >= 15 is 0 Å². The van der Waals surface area contributed by atoms with Gasteiger partial charge in [-0.15, -0.1) is 0 Å². The number of rotatable bonds is 6. The molecule has 1 N–H and O–H groups in total. The second-order valence-electron chi connectivity index (χ2n) is 5.96. The maximum atomic E-state index is 11.5. The minimum absolute atomic E-state index is 0.243. The van der Waals surface area contributed by atoms with Gasteiger partial charge in [-0.05, 0) is 38.8 Å². The summed E-state index contributed by atoms with van der Waals surface area (Å²) in [4.78, 5) is 15.5. The second-order valence-corrected chi connectivity index (χ2v) is 5.96. The lowest BCUT2D eigenvalue weighted by Crippen LogP contribution is -2.54. The Morgan fingerprint density at radius 3 is 2.45 bits per heavy atom. The first-order valence-electron chi connectivity index (χ1n) is 6.99. The van der Waals surface area contributed by atoms with E-state index in [2.05, 4.69) is 10.0 Å². The fourth-order valence-electron chi connectivity index (χ4n) is 2.28. The van der Waals surface area contributed by atoms with Gasteiger partial charge in [0, 0.05) is 10.5 Å². The molecule has 2 atom stereocenters. The molecule has 0 aliphatic heterocycles. The number of amides is 1. The third-order valence-electron chi connectivity index (χ3n) is 3.18. The van der Waals surface area contributed by atoms with Crippen molar-refractivity contribution in [2.45, 2.75) is 52.1 Å². The average Bonchev–Trinajstić information content (AvgIpc) is 2.42. The van der Waals surface area contributed by atoms with E-state index in [1.165, 1.54) is 4.90 Å². The van der Waals surface area contributed by atoms with Crippen LogP contribution in [0.4, 0.5) is 4.79 Å². The molecule has 1 aromatic rings. The van der Waals surface area contributed by atoms with Gasteiger partial charge in [-0.25, -0.2) is 4.79 Å². The van der Waals surface area contributed by atoms with Crippen LogP contribution in [0.3, 0.4) is 0 Å². The van der Waals surface area contributed by atoms with Crippen LogP contribution in [0.1, 0.15) is 33.3 Å². The number of hydrogen-bond donors (Lipinski definition) is 1. The van der Waals surface area contributed by atoms with Crippen LogP contribution in [-0.4, -0.2) is 33.9 Å². The molecule has 120 valence electrons. The maximum absolute atomic E-state index is 11.5. The van der Waals surface area contributed by atoms with E-state index < -0.39 is 23.9 Å². The van der Waals surface area contributed by atoms with Gasteiger partial charge in [0.25, 0.3) is 0 Å². The van der Waals surface area contributed by atoms with Crippen molar-refractivity contribution < 1.29 is 14.6 Å². The van der Waals surface area contributed by atoms with Crippen LogP contribution in [0.2, 0.25) is 0 Å². The van der Waals surface area contributed by atoms with Gasteiger partial charge in [0.1, 0.15) is 0 Å². The van der Waals surface area contributed by atoms with Crippen LogP contribution in [-0.2, 0) is 11.3 Å². The lowest BCUT2D eigenvalue weighted by Gasteiger charge is -2.40. The van der Waals surface area contributed by atoms with E-state index in [1.54, 1.807) is 27.7 Å². The van der Waals surface area contributed by atoms with Crippen molar-refractivity contribution in [3.05, 3.63) is 46.3 Å². The number of benzene rings is 1. The van der Waals surface area contributed by atoms with Crippen LogP contribution in [0.25, 0.3) is 10.4 Å². The summed E-state index contributed by atoms with van der Waals surface area (Å²) in [6.07, 6.45) is -1.98. The van der Waals surface area contributed by atoms with Crippen molar-refractivity contribution in [1.82, 2.24) is 4.90 Å². The summed E-state index contributed by atoms with van der Waals surface area (Å²) in [5, 5.41) is 13.0. The quantitative estimate of drug-likeness (QED) is 0.488. The van der Waals surface area contributed by atoms with Gasteiger partial charge in [-0.1, -0.05) is 35.4 Å². The summed E-state index contributed by atoms with van der Waals surface area (Å²) in [5.74, 6) is 0. The minimum Gasteiger partial charge on any atom is -0.465 e. The summed E-state index contributed by atoms with van der Waals surface area (Å²) in [6.45, 7) is 7.25. The highest BCUT2D eigenvalue weighted by atomic mass is 16.5. The largest absolute Gasteiger partial charge is 0.465 e. The van der Waals surface area contributed by atoms with Crippen LogP contribution in [0, 0.1) is 0 Å². The molecule has 1 amide bonds. The van der Waals surface area contributed by atoms with Gasteiger partial charge >= 0.3 is 6.09 Å². The van der Waals surface area contributed by atoms with Crippen molar-refractivity contribution >= 4 is 6.09 Å². The molecular formula is C15H22N4O3. The summed E-state index contributed by atoms with van der Waals surface area (Å²) < 4.78 is 5.63. The van der Waals surface area contributed by atoms with Crippen molar-refractivity contribution in [2.75, 3.05) is 0 Å². The predicted molar refractivity (Wildman–Crippen MR) is 83.2 cm³/mol. The lowest BCUT2D eigenvalue weighted by molar-refractivity contribution is -0.0317. The SMILES string of the molecule is CC(C(N=[N+]=[N-])OCc1ccccc1)N(C(=O)O)C(C)(C)C. The molecule has 1 rings (SSSR count). The normalized spacial score (nSPS) is 13.8. The molecule has 0 saturated carbocycles. The third kappa shape index (κ3) is 4.95. The van der Waals surface area contributed by atoms with Crippen LogP contribution in [0.15, 0.2) is 35.4 Å². The monoisotopic (exact) mass is 306 g/mol. The summed E-state index contributed by atoms with van der Waals surface area (Å²) in [7, 11) is 0. The molecule has 2 unspecified atom stereocenters. The zero-order valence-corrected chi connectivity index (χ0v) is 13.3. The van der Waals surface area contributed by atoms with Gasteiger partial charge in [0.2, 0.25) is 0 Å². The van der Waals surface area contributed by atoms with E-state index in [-0.39, 0.29) is 6.61 Å². The van der Waals surface area contributed by atoms with Crippen molar-refractivity contribution in [1.29, 1.82) is 0 Å². The Labute approximate surface area is 130 Å². The van der Waals surface area contributed by atoms with E-state index in [1.807, 2.05) is 30.3 Å². The highest BCUT2D eigenvalue weighted by molar-refractivity contribution is 5.66. The Morgan fingerprint density at radius 2 is 2.00 bits per heavy atom.